The van der Waals surface area contributed by atoms with Crippen molar-refractivity contribution in [1.29, 1.82) is 0 Å². The van der Waals surface area contributed by atoms with Crippen molar-refractivity contribution in [2.45, 2.75) is 15.3 Å². The van der Waals surface area contributed by atoms with Gasteiger partial charge in [-0.1, -0.05) is 12.1 Å². The average molecular weight is 349 g/mol. The summed E-state index contributed by atoms with van der Waals surface area (Å²) < 4.78 is 64.9. The molecule has 4 nitrogen and oxygen atoms in total. The van der Waals surface area contributed by atoms with Crippen LogP contribution < -0.4 is 9.88 Å². The van der Waals surface area contributed by atoms with E-state index in [0.717, 1.165) is 0 Å². The molecular weight excluding hydrogens is 339 g/mol. The summed E-state index contributed by atoms with van der Waals surface area (Å²) in [4.78, 5) is -0.205. The predicted molar refractivity (Wildman–Crippen MR) is 76.2 cm³/mol. The quantitative estimate of drug-likeness (QED) is 0.854. The van der Waals surface area contributed by atoms with E-state index >= 15 is 0 Å². The van der Waals surface area contributed by atoms with Crippen molar-refractivity contribution in [3.63, 3.8) is 0 Å². The van der Waals surface area contributed by atoms with Gasteiger partial charge in [0, 0.05) is 4.90 Å². The van der Waals surface area contributed by atoms with Crippen LogP contribution >= 0.6 is 11.8 Å². The number of benzene rings is 2. The summed E-state index contributed by atoms with van der Waals surface area (Å²) in [5.41, 5.74) is -4.37. The lowest BCUT2D eigenvalue weighted by Gasteiger charge is -2.10. The van der Waals surface area contributed by atoms with E-state index in [0.29, 0.717) is 0 Å². The first-order valence-electron chi connectivity index (χ1n) is 5.81. The van der Waals surface area contributed by atoms with E-state index in [9.17, 15) is 21.6 Å². The Hall–Kier alpha value is -1.71. The van der Waals surface area contributed by atoms with Crippen LogP contribution in [0.3, 0.4) is 0 Å². The van der Waals surface area contributed by atoms with Crippen molar-refractivity contribution < 1.29 is 26.3 Å². The molecule has 0 saturated carbocycles. The second-order valence-corrected chi connectivity index (χ2v) is 6.78. The van der Waals surface area contributed by atoms with Crippen LogP contribution in [0.2, 0.25) is 0 Å². The molecule has 2 N–H and O–H groups in total. The Morgan fingerprint density at radius 3 is 2.14 bits per heavy atom. The minimum absolute atomic E-state index is 0.000387. The van der Waals surface area contributed by atoms with E-state index in [1.165, 1.54) is 42.5 Å². The standard InChI is InChI=1S/C13H10F3NO3S2/c14-13(15,16)21-10-7-5-9(6-8-10)20-11-3-1-2-4-12(11)22(17,18)19/h1-8H,(H2,17,18,19). The average Bonchev–Trinajstić information content (AvgIpc) is 2.39. The minimum atomic E-state index is -4.37. The van der Waals surface area contributed by atoms with Crippen LogP contribution in [0.5, 0.6) is 11.5 Å². The molecule has 118 valence electrons. The molecule has 22 heavy (non-hydrogen) atoms. The number of para-hydroxylation sites is 1. The topological polar surface area (TPSA) is 69.4 Å². The maximum Gasteiger partial charge on any atom is 0.446 e. The van der Waals surface area contributed by atoms with Gasteiger partial charge in [-0.25, -0.2) is 13.6 Å². The number of alkyl halides is 3. The monoisotopic (exact) mass is 349 g/mol. The number of rotatable bonds is 4. The largest absolute Gasteiger partial charge is 0.456 e. The molecule has 0 fully saturated rings. The number of primary sulfonamides is 1. The molecule has 0 aliphatic carbocycles. The van der Waals surface area contributed by atoms with Crippen LogP contribution in [0.25, 0.3) is 0 Å². The summed E-state index contributed by atoms with van der Waals surface area (Å²) in [5, 5.41) is 5.07. The van der Waals surface area contributed by atoms with Gasteiger partial charge in [0.2, 0.25) is 10.0 Å². The number of ether oxygens (including phenoxy) is 1. The van der Waals surface area contributed by atoms with Gasteiger partial charge in [-0.15, -0.1) is 0 Å². The third-order valence-corrected chi connectivity index (χ3v) is 4.13. The number of hydrogen-bond acceptors (Lipinski definition) is 4. The van der Waals surface area contributed by atoms with Gasteiger partial charge in [0.05, 0.1) is 0 Å². The lowest BCUT2D eigenvalue weighted by molar-refractivity contribution is -0.0328. The van der Waals surface area contributed by atoms with Gasteiger partial charge in [0.25, 0.3) is 0 Å². The second kappa shape index (κ2) is 6.19. The molecule has 0 aliphatic rings. The fraction of sp³-hybridized carbons (Fsp3) is 0.0769. The van der Waals surface area contributed by atoms with Gasteiger partial charge in [0.15, 0.2) is 0 Å². The van der Waals surface area contributed by atoms with Crippen molar-refractivity contribution in [2.24, 2.45) is 5.14 Å². The SMILES string of the molecule is NS(=O)(=O)c1ccccc1Oc1ccc(SC(F)(F)F)cc1. The van der Waals surface area contributed by atoms with Crippen LogP contribution in [0.4, 0.5) is 13.2 Å². The van der Waals surface area contributed by atoms with Crippen molar-refractivity contribution in [3.8, 4) is 11.5 Å². The fourth-order valence-corrected chi connectivity index (χ4v) is 2.80. The molecule has 0 radical (unpaired) electrons. The van der Waals surface area contributed by atoms with Gasteiger partial charge in [0.1, 0.15) is 16.4 Å². The number of hydrogen-bond donors (Lipinski definition) is 1. The number of nitrogens with two attached hydrogens (primary N) is 1. The van der Waals surface area contributed by atoms with Crippen LogP contribution in [-0.4, -0.2) is 13.9 Å². The first-order chi connectivity index (χ1) is 10.1. The van der Waals surface area contributed by atoms with E-state index in [-0.39, 0.29) is 33.1 Å². The Kier molecular flexibility index (Phi) is 4.69. The highest BCUT2D eigenvalue weighted by molar-refractivity contribution is 8.00. The molecule has 0 aliphatic heterocycles. The van der Waals surface area contributed by atoms with Crippen LogP contribution in [0.15, 0.2) is 58.3 Å². The molecule has 0 atom stereocenters. The van der Waals surface area contributed by atoms with Gasteiger partial charge in [-0.05, 0) is 48.2 Å². The molecule has 0 heterocycles. The molecule has 2 aromatic rings. The van der Waals surface area contributed by atoms with Crippen molar-refractivity contribution in [2.75, 3.05) is 0 Å². The normalized spacial score (nSPS) is 12.2. The number of halogens is 3. The van der Waals surface area contributed by atoms with Gasteiger partial charge in [-0.3, -0.25) is 0 Å². The molecule has 0 saturated heterocycles. The molecule has 0 aromatic heterocycles. The Balaban J connectivity index is 2.22. The molecule has 2 aromatic carbocycles. The Morgan fingerprint density at radius 2 is 1.59 bits per heavy atom. The van der Waals surface area contributed by atoms with Crippen LogP contribution in [0, 0.1) is 0 Å². The van der Waals surface area contributed by atoms with E-state index in [1.54, 1.807) is 6.07 Å². The smallest absolute Gasteiger partial charge is 0.446 e. The molecule has 0 amide bonds. The molecule has 0 unspecified atom stereocenters. The molecule has 0 spiro atoms. The van der Waals surface area contributed by atoms with Crippen molar-refractivity contribution in [3.05, 3.63) is 48.5 Å². The highest BCUT2D eigenvalue weighted by Gasteiger charge is 2.29. The van der Waals surface area contributed by atoms with E-state index in [1.807, 2.05) is 0 Å². The number of thioether (sulfide) groups is 1. The lowest BCUT2D eigenvalue weighted by Crippen LogP contribution is -2.13. The third kappa shape index (κ3) is 4.65. The lowest BCUT2D eigenvalue weighted by atomic mass is 10.3. The molecule has 0 bridgehead atoms. The Bertz CT molecular complexity index is 759. The summed E-state index contributed by atoms with van der Waals surface area (Å²) in [6.07, 6.45) is 0. The van der Waals surface area contributed by atoms with E-state index in [2.05, 4.69) is 0 Å². The zero-order valence-electron chi connectivity index (χ0n) is 10.9. The summed E-state index contributed by atoms with van der Waals surface area (Å²) in [5.74, 6) is 0.198. The molecule has 9 heteroatoms. The van der Waals surface area contributed by atoms with Crippen LogP contribution in [0.1, 0.15) is 0 Å². The highest BCUT2D eigenvalue weighted by Crippen LogP contribution is 2.37. The van der Waals surface area contributed by atoms with Gasteiger partial charge in [-0.2, -0.15) is 13.2 Å². The summed E-state index contributed by atoms with van der Waals surface area (Å²) in [7, 11) is -3.96. The molecular formula is C13H10F3NO3S2. The fourth-order valence-electron chi connectivity index (χ4n) is 1.61. The maximum absolute atomic E-state index is 12.2. The second-order valence-electron chi connectivity index (χ2n) is 4.11. The summed E-state index contributed by atoms with van der Waals surface area (Å²) in [6, 6.07) is 10.8. The van der Waals surface area contributed by atoms with Crippen molar-refractivity contribution >= 4 is 21.8 Å². The summed E-state index contributed by atoms with van der Waals surface area (Å²) >= 11 is -0.248. The minimum Gasteiger partial charge on any atom is -0.456 e. The summed E-state index contributed by atoms with van der Waals surface area (Å²) in [6.45, 7) is 0. The third-order valence-electron chi connectivity index (χ3n) is 2.44. The molecule has 2 rings (SSSR count). The Labute approximate surface area is 129 Å². The van der Waals surface area contributed by atoms with E-state index in [4.69, 9.17) is 9.88 Å². The van der Waals surface area contributed by atoms with Gasteiger partial charge < -0.3 is 4.74 Å². The Morgan fingerprint density at radius 1 is 1.00 bits per heavy atom. The zero-order chi connectivity index (χ0) is 16.4. The van der Waals surface area contributed by atoms with E-state index < -0.39 is 15.5 Å². The first-order valence-corrected chi connectivity index (χ1v) is 8.17. The highest BCUT2D eigenvalue weighted by atomic mass is 32.2. The first kappa shape index (κ1) is 16.7. The van der Waals surface area contributed by atoms with Crippen molar-refractivity contribution in [1.82, 2.24) is 0 Å². The maximum atomic E-state index is 12.2. The number of sulfonamides is 1. The zero-order valence-corrected chi connectivity index (χ0v) is 12.5. The van der Waals surface area contributed by atoms with Gasteiger partial charge >= 0.3 is 5.51 Å². The predicted octanol–water partition coefficient (Wildman–Crippen LogP) is 3.74. The van der Waals surface area contributed by atoms with Crippen LogP contribution in [-0.2, 0) is 10.0 Å².